The van der Waals surface area contributed by atoms with Gasteiger partial charge in [-0.1, -0.05) is 86.2 Å². The van der Waals surface area contributed by atoms with Crippen LogP contribution in [-0.2, 0) is 4.79 Å². The lowest BCUT2D eigenvalue weighted by Crippen LogP contribution is -2.32. The van der Waals surface area contributed by atoms with Crippen LogP contribution in [0, 0.1) is 24.2 Å². The molecule has 142 valence electrons. The first kappa shape index (κ1) is 19.7. The Bertz CT molecular complexity index is 1040. The molecule has 2 nitrogen and oxygen atoms in total. The highest BCUT2D eigenvalue weighted by molar-refractivity contribution is 6.04. The van der Waals surface area contributed by atoms with Crippen molar-refractivity contribution in [2.75, 3.05) is 5.32 Å². The van der Waals surface area contributed by atoms with Crippen LogP contribution in [0.2, 0.25) is 0 Å². The van der Waals surface area contributed by atoms with E-state index < -0.39 is 5.41 Å². The molecule has 28 heavy (non-hydrogen) atoms. The lowest BCUT2D eigenvalue weighted by molar-refractivity contribution is -0.122. The number of benzene rings is 3. The number of rotatable bonds is 5. The van der Waals surface area contributed by atoms with Gasteiger partial charge in [0.25, 0.3) is 0 Å². The molecule has 0 spiro atoms. The number of unbranched alkanes of at least 4 members (excludes halogenated alkanes) is 1. The van der Waals surface area contributed by atoms with Crippen molar-refractivity contribution in [3.8, 4) is 11.8 Å². The molecule has 0 aliphatic carbocycles. The highest BCUT2D eigenvalue weighted by Gasteiger charge is 2.31. The Hall–Kier alpha value is -3.05. The van der Waals surface area contributed by atoms with Crippen LogP contribution in [0.15, 0.2) is 66.7 Å². The van der Waals surface area contributed by atoms with Crippen LogP contribution in [0.4, 0.5) is 5.69 Å². The van der Waals surface area contributed by atoms with Crippen LogP contribution >= 0.6 is 0 Å². The van der Waals surface area contributed by atoms with Crippen LogP contribution in [0.3, 0.4) is 0 Å². The normalized spacial score (nSPS) is 12.7. The zero-order chi connectivity index (χ0) is 20.0. The molecule has 0 aliphatic heterocycles. The second kappa shape index (κ2) is 8.76. The molecule has 1 amide bonds. The van der Waals surface area contributed by atoms with Gasteiger partial charge in [0, 0.05) is 16.6 Å². The first-order valence-corrected chi connectivity index (χ1v) is 9.91. The standard InChI is InChI=1S/C26H27NO/c1-4-5-18-26(3,19-17-21-12-7-6-11-20(21)2)25(28)27-24-16-10-14-22-13-8-9-15-23(22)24/h6-16H,4-5,18H2,1-3H3,(H,27,28)/t26-/m0/s1. The predicted octanol–water partition coefficient (Wildman–Crippen LogP) is 6.33. The number of amides is 1. The number of anilines is 1. The number of hydrogen-bond donors (Lipinski definition) is 1. The van der Waals surface area contributed by atoms with Crippen molar-refractivity contribution in [3.05, 3.63) is 77.9 Å². The summed E-state index contributed by atoms with van der Waals surface area (Å²) >= 11 is 0. The zero-order valence-corrected chi connectivity index (χ0v) is 16.9. The summed E-state index contributed by atoms with van der Waals surface area (Å²) < 4.78 is 0. The van der Waals surface area contributed by atoms with Crippen LogP contribution in [0.5, 0.6) is 0 Å². The summed E-state index contributed by atoms with van der Waals surface area (Å²) in [5.74, 6) is 6.51. The first-order valence-electron chi connectivity index (χ1n) is 9.91. The molecular weight excluding hydrogens is 342 g/mol. The molecule has 1 N–H and O–H groups in total. The van der Waals surface area contributed by atoms with Gasteiger partial charge in [-0.3, -0.25) is 4.79 Å². The summed E-state index contributed by atoms with van der Waals surface area (Å²) in [5, 5.41) is 5.30. The molecule has 0 heterocycles. The molecule has 0 saturated carbocycles. The Kier molecular flexibility index (Phi) is 6.16. The molecule has 3 aromatic carbocycles. The third-order valence-electron chi connectivity index (χ3n) is 5.19. The fourth-order valence-electron chi connectivity index (χ4n) is 3.28. The Balaban J connectivity index is 1.92. The van der Waals surface area contributed by atoms with Crippen molar-refractivity contribution in [1.29, 1.82) is 0 Å². The van der Waals surface area contributed by atoms with Gasteiger partial charge in [-0.25, -0.2) is 0 Å². The average Bonchev–Trinajstić information content (AvgIpc) is 2.72. The second-order valence-electron chi connectivity index (χ2n) is 7.48. The van der Waals surface area contributed by atoms with Crippen molar-refractivity contribution in [2.24, 2.45) is 5.41 Å². The van der Waals surface area contributed by atoms with E-state index in [1.807, 2.05) is 68.4 Å². The molecular formula is C26H27NO. The van der Waals surface area contributed by atoms with E-state index in [2.05, 4.69) is 36.2 Å². The molecule has 1 atom stereocenters. The third-order valence-corrected chi connectivity index (χ3v) is 5.19. The number of carbonyl (C=O) groups is 1. The first-order chi connectivity index (χ1) is 13.5. The molecule has 0 fully saturated rings. The van der Waals surface area contributed by atoms with Gasteiger partial charge in [0.1, 0.15) is 5.41 Å². The van der Waals surface area contributed by atoms with Crippen molar-refractivity contribution in [3.63, 3.8) is 0 Å². The minimum absolute atomic E-state index is 0.0432. The van der Waals surface area contributed by atoms with E-state index in [1.54, 1.807) is 0 Å². The summed E-state index contributed by atoms with van der Waals surface area (Å²) in [6, 6.07) is 22.1. The Labute approximate surface area is 168 Å². The topological polar surface area (TPSA) is 29.1 Å². The Morgan fingerprint density at radius 3 is 2.50 bits per heavy atom. The molecule has 0 aromatic heterocycles. The SMILES string of the molecule is CCCC[C@@](C)(C#Cc1ccccc1C)C(=O)Nc1cccc2ccccc12. The number of carbonyl (C=O) groups excluding carboxylic acids is 1. The van der Waals surface area contributed by atoms with E-state index in [-0.39, 0.29) is 5.91 Å². The largest absolute Gasteiger partial charge is 0.324 e. The maximum absolute atomic E-state index is 13.3. The van der Waals surface area contributed by atoms with E-state index in [0.29, 0.717) is 0 Å². The number of hydrogen-bond acceptors (Lipinski definition) is 1. The van der Waals surface area contributed by atoms with Crippen LogP contribution in [-0.4, -0.2) is 5.91 Å². The summed E-state index contributed by atoms with van der Waals surface area (Å²) in [7, 11) is 0. The van der Waals surface area contributed by atoms with E-state index in [0.717, 1.165) is 46.8 Å². The summed E-state index contributed by atoms with van der Waals surface area (Å²) in [4.78, 5) is 13.3. The van der Waals surface area contributed by atoms with Gasteiger partial charge in [0.2, 0.25) is 5.91 Å². The van der Waals surface area contributed by atoms with Gasteiger partial charge in [0.05, 0.1) is 0 Å². The summed E-state index contributed by atoms with van der Waals surface area (Å²) in [6.45, 7) is 6.13. The van der Waals surface area contributed by atoms with E-state index in [9.17, 15) is 4.79 Å². The predicted molar refractivity (Wildman–Crippen MR) is 118 cm³/mol. The van der Waals surface area contributed by atoms with Gasteiger partial charge in [0.15, 0.2) is 0 Å². The molecule has 0 radical (unpaired) electrons. The van der Waals surface area contributed by atoms with Gasteiger partial charge in [-0.05, 0) is 43.4 Å². The fourth-order valence-corrected chi connectivity index (χ4v) is 3.28. The summed E-state index contributed by atoms with van der Waals surface area (Å²) in [6.07, 6.45) is 2.73. The van der Waals surface area contributed by atoms with Gasteiger partial charge in [-0.2, -0.15) is 0 Å². The van der Waals surface area contributed by atoms with Gasteiger partial charge in [-0.15, -0.1) is 0 Å². The lowest BCUT2D eigenvalue weighted by atomic mass is 9.84. The van der Waals surface area contributed by atoms with E-state index >= 15 is 0 Å². The minimum Gasteiger partial charge on any atom is -0.324 e. The maximum atomic E-state index is 13.3. The average molecular weight is 370 g/mol. The van der Waals surface area contributed by atoms with Crippen LogP contribution in [0.1, 0.15) is 44.2 Å². The number of aryl methyl sites for hydroxylation is 1. The molecule has 0 saturated heterocycles. The molecule has 0 unspecified atom stereocenters. The molecule has 3 rings (SSSR count). The highest BCUT2D eigenvalue weighted by Crippen LogP contribution is 2.29. The Morgan fingerprint density at radius 1 is 1.00 bits per heavy atom. The summed E-state index contributed by atoms with van der Waals surface area (Å²) in [5.41, 5.74) is 2.20. The van der Waals surface area contributed by atoms with Crippen LogP contribution < -0.4 is 5.32 Å². The fraction of sp³-hybridized carbons (Fsp3) is 0.269. The monoisotopic (exact) mass is 369 g/mol. The smallest absolute Gasteiger partial charge is 0.242 e. The van der Waals surface area contributed by atoms with Crippen molar-refractivity contribution >= 4 is 22.4 Å². The second-order valence-corrected chi connectivity index (χ2v) is 7.48. The molecule has 0 aliphatic rings. The number of fused-ring (bicyclic) bond motifs is 1. The number of nitrogens with one attached hydrogen (secondary N) is 1. The molecule has 3 aromatic rings. The van der Waals surface area contributed by atoms with Crippen molar-refractivity contribution < 1.29 is 4.79 Å². The lowest BCUT2D eigenvalue weighted by Gasteiger charge is -2.23. The van der Waals surface area contributed by atoms with Crippen molar-refractivity contribution in [1.82, 2.24) is 0 Å². The third kappa shape index (κ3) is 4.43. The van der Waals surface area contributed by atoms with Crippen LogP contribution in [0.25, 0.3) is 10.8 Å². The zero-order valence-electron chi connectivity index (χ0n) is 16.9. The quantitative estimate of drug-likeness (QED) is 0.523. The van der Waals surface area contributed by atoms with E-state index in [1.165, 1.54) is 0 Å². The minimum atomic E-state index is -0.741. The van der Waals surface area contributed by atoms with Crippen molar-refractivity contribution in [2.45, 2.75) is 40.0 Å². The highest BCUT2D eigenvalue weighted by atomic mass is 16.2. The Morgan fingerprint density at radius 2 is 1.71 bits per heavy atom. The van der Waals surface area contributed by atoms with Gasteiger partial charge < -0.3 is 5.32 Å². The molecule has 2 heteroatoms. The maximum Gasteiger partial charge on any atom is 0.242 e. The molecule has 0 bridgehead atoms. The van der Waals surface area contributed by atoms with Gasteiger partial charge >= 0.3 is 0 Å². The van der Waals surface area contributed by atoms with E-state index in [4.69, 9.17) is 0 Å².